The Morgan fingerprint density at radius 1 is 1.25 bits per heavy atom. The Balaban J connectivity index is 2.34. The lowest BCUT2D eigenvalue weighted by Crippen LogP contribution is -2.32. The normalized spacial score (nSPS) is 10.2. The maximum absolute atomic E-state index is 12.8. The highest BCUT2D eigenvalue weighted by Crippen LogP contribution is 2.07. The molecule has 0 aliphatic rings. The number of nitrogens with one attached hydrogen (secondary N) is 2. The average molecular weight is 228 g/mol. The molecule has 0 atom stereocenters. The van der Waals surface area contributed by atoms with E-state index in [9.17, 15) is 13.6 Å². The maximum Gasteiger partial charge on any atom is 0.233 e. The Hall–Kier alpha value is -1.49. The second-order valence-electron chi connectivity index (χ2n) is 3.38. The van der Waals surface area contributed by atoms with Gasteiger partial charge in [-0.1, -0.05) is 0 Å². The van der Waals surface area contributed by atoms with Crippen LogP contribution in [0.4, 0.5) is 8.78 Å². The van der Waals surface area contributed by atoms with Crippen molar-refractivity contribution in [3.05, 3.63) is 35.4 Å². The van der Waals surface area contributed by atoms with Crippen molar-refractivity contribution in [3.63, 3.8) is 0 Å². The van der Waals surface area contributed by atoms with Crippen molar-refractivity contribution >= 4 is 5.91 Å². The zero-order chi connectivity index (χ0) is 12.0. The molecule has 0 aromatic heterocycles. The molecule has 5 heteroatoms. The predicted octanol–water partition coefficient (Wildman–Crippen LogP) is 0.843. The van der Waals surface area contributed by atoms with Gasteiger partial charge < -0.3 is 10.6 Å². The fourth-order valence-corrected chi connectivity index (χ4v) is 1.28. The number of carbonyl (C=O) groups excluding carboxylic acids is 1. The van der Waals surface area contributed by atoms with Crippen molar-refractivity contribution in [1.82, 2.24) is 10.6 Å². The van der Waals surface area contributed by atoms with Gasteiger partial charge in [-0.25, -0.2) is 8.78 Å². The zero-order valence-corrected chi connectivity index (χ0v) is 9.02. The predicted molar refractivity (Wildman–Crippen MR) is 57.0 cm³/mol. The lowest BCUT2D eigenvalue weighted by Gasteiger charge is -2.04. The molecule has 0 saturated carbocycles. The summed E-state index contributed by atoms with van der Waals surface area (Å²) in [5.74, 6) is -1.28. The first-order valence-electron chi connectivity index (χ1n) is 4.98. The Kier molecular flexibility index (Phi) is 4.85. The van der Waals surface area contributed by atoms with E-state index >= 15 is 0 Å². The number of amides is 1. The second kappa shape index (κ2) is 6.17. The van der Waals surface area contributed by atoms with Gasteiger partial charge in [0.2, 0.25) is 5.91 Å². The van der Waals surface area contributed by atoms with Crippen LogP contribution in [0.3, 0.4) is 0 Å². The summed E-state index contributed by atoms with van der Waals surface area (Å²) < 4.78 is 25.6. The van der Waals surface area contributed by atoms with Crippen molar-refractivity contribution in [3.8, 4) is 0 Å². The molecule has 0 aliphatic heterocycles. The van der Waals surface area contributed by atoms with Gasteiger partial charge in [-0.3, -0.25) is 4.79 Å². The Morgan fingerprint density at radius 3 is 2.44 bits per heavy atom. The van der Waals surface area contributed by atoms with Gasteiger partial charge in [0.15, 0.2) is 0 Å². The van der Waals surface area contributed by atoms with Gasteiger partial charge in [0.05, 0.1) is 6.54 Å². The smallest absolute Gasteiger partial charge is 0.233 e. The number of hydrogen-bond acceptors (Lipinski definition) is 2. The monoisotopic (exact) mass is 228 g/mol. The van der Waals surface area contributed by atoms with Gasteiger partial charge in [0.1, 0.15) is 11.6 Å². The fraction of sp³-hybridized carbons (Fsp3) is 0.364. The van der Waals surface area contributed by atoms with Gasteiger partial charge in [-0.2, -0.15) is 0 Å². The van der Waals surface area contributed by atoms with E-state index < -0.39 is 11.6 Å². The topological polar surface area (TPSA) is 41.1 Å². The first-order valence-corrected chi connectivity index (χ1v) is 4.98. The van der Waals surface area contributed by atoms with Crippen LogP contribution in [0.15, 0.2) is 18.2 Å². The van der Waals surface area contributed by atoms with Crippen LogP contribution in [-0.2, 0) is 11.2 Å². The first-order chi connectivity index (χ1) is 7.61. The molecule has 0 radical (unpaired) electrons. The van der Waals surface area contributed by atoms with E-state index in [4.69, 9.17) is 0 Å². The molecule has 0 heterocycles. The van der Waals surface area contributed by atoms with Crippen LogP contribution in [-0.4, -0.2) is 26.0 Å². The van der Waals surface area contributed by atoms with Crippen molar-refractivity contribution in [2.24, 2.45) is 0 Å². The van der Waals surface area contributed by atoms with Crippen molar-refractivity contribution in [2.75, 3.05) is 20.1 Å². The number of rotatable bonds is 5. The standard InChI is InChI=1S/C11H14F2N2O/c1-14-11(16)7-15-3-2-8-4-9(12)6-10(13)5-8/h4-6,15H,2-3,7H2,1H3,(H,14,16). The minimum absolute atomic E-state index is 0.120. The fourth-order valence-electron chi connectivity index (χ4n) is 1.28. The minimum Gasteiger partial charge on any atom is -0.358 e. The SMILES string of the molecule is CNC(=O)CNCCc1cc(F)cc(F)c1. The Labute approximate surface area is 92.8 Å². The van der Waals surface area contributed by atoms with Crippen LogP contribution in [0.25, 0.3) is 0 Å². The lowest BCUT2D eigenvalue weighted by molar-refractivity contribution is -0.119. The molecule has 1 aromatic rings. The third-order valence-electron chi connectivity index (χ3n) is 2.08. The molecule has 1 aromatic carbocycles. The lowest BCUT2D eigenvalue weighted by atomic mass is 10.1. The molecule has 0 bridgehead atoms. The summed E-state index contributed by atoms with van der Waals surface area (Å²) >= 11 is 0. The van der Waals surface area contributed by atoms with Crippen LogP contribution >= 0.6 is 0 Å². The molecular weight excluding hydrogens is 214 g/mol. The van der Waals surface area contributed by atoms with Gasteiger partial charge in [-0.15, -0.1) is 0 Å². The van der Waals surface area contributed by atoms with Crippen LogP contribution < -0.4 is 10.6 Å². The summed E-state index contributed by atoms with van der Waals surface area (Å²) in [4.78, 5) is 10.8. The van der Waals surface area contributed by atoms with Gasteiger partial charge in [0.25, 0.3) is 0 Å². The number of carbonyl (C=O) groups is 1. The third-order valence-corrected chi connectivity index (χ3v) is 2.08. The van der Waals surface area contributed by atoms with Crippen LogP contribution in [0.2, 0.25) is 0 Å². The summed E-state index contributed by atoms with van der Waals surface area (Å²) in [5, 5.41) is 5.33. The summed E-state index contributed by atoms with van der Waals surface area (Å²) in [6, 6.07) is 3.40. The number of benzene rings is 1. The van der Waals surface area contributed by atoms with E-state index in [-0.39, 0.29) is 12.5 Å². The Bertz CT molecular complexity index is 349. The molecule has 0 saturated heterocycles. The Morgan fingerprint density at radius 2 is 1.88 bits per heavy atom. The molecule has 1 rings (SSSR count). The molecule has 0 spiro atoms. The molecule has 1 amide bonds. The molecule has 0 unspecified atom stereocenters. The van der Waals surface area contributed by atoms with Gasteiger partial charge in [0, 0.05) is 13.1 Å². The van der Waals surface area contributed by atoms with Crippen LogP contribution in [0, 0.1) is 11.6 Å². The first kappa shape index (κ1) is 12.6. The van der Waals surface area contributed by atoms with Gasteiger partial charge >= 0.3 is 0 Å². The van der Waals surface area contributed by atoms with E-state index in [0.29, 0.717) is 18.5 Å². The van der Waals surface area contributed by atoms with Crippen LogP contribution in [0.1, 0.15) is 5.56 Å². The molecule has 3 nitrogen and oxygen atoms in total. The highest BCUT2D eigenvalue weighted by atomic mass is 19.1. The van der Waals surface area contributed by atoms with E-state index in [1.165, 1.54) is 12.1 Å². The minimum atomic E-state index is -0.582. The zero-order valence-electron chi connectivity index (χ0n) is 9.02. The molecule has 0 aliphatic carbocycles. The van der Waals surface area contributed by atoms with Gasteiger partial charge in [-0.05, 0) is 30.7 Å². The summed E-state index contributed by atoms with van der Waals surface area (Å²) in [7, 11) is 1.55. The molecular formula is C11H14F2N2O. The largest absolute Gasteiger partial charge is 0.358 e. The summed E-state index contributed by atoms with van der Waals surface area (Å²) in [5.41, 5.74) is 0.571. The van der Waals surface area contributed by atoms with E-state index in [0.717, 1.165) is 6.07 Å². The molecule has 0 fully saturated rings. The van der Waals surface area contributed by atoms with E-state index in [1.807, 2.05) is 0 Å². The second-order valence-corrected chi connectivity index (χ2v) is 3.38. The average Bonchev–Trinajstić information content (AvgIpc) is 2.22. The molecule has 2 N–H and O–H groups in total. The molecule has 88 valence electrons. The van der Waals surface area contributed by atoms with Crippen molar-refractivity contribution in [2.45, 2.75) is 6.42 Å². The van der Waals surface area contributed by atoms with Crippen molar-refractivity contribution in [1.29, 1.82) is 0 Å². The molecule has 16 heavy (non-hydrogen) atoms. The number of halogens is 2. The number of hydrogen-bond donors (Lipinski definition) is 2. The summed E-state index contributed by atoms with van der Waals surface area (Å²) in [6.45, 7) is 0.699. The highest BCUT2D eigenvalue weighted by molar-refractivity contribution is 5.77. The van der Waals surface area contributed by atoms with E-state index in [1.54, 1.807) is 7.05 Å². The quantitative estimate of drug-likeness (QED) is 0.733. The van der Waals surface area contributed by atoms with Crippen LogP contribution in [0.5, 0.6) is 0 Å². The summed E-state index contributed by atoms with van der Waals surface area (Å²) in [6.07, 6.45) is 0.478. The third kappa shape index (κ3) is 4.35. The van der Waals surface area contributed by atoms with E-state index in [2.05, 4.69) is 10.6 Å². The van der Waals surface area contributed by atoms with Crippen molar-refractivity contribution < 1.29 is 13.6 Å². The highest BCUT2D eigenvalue weighted by Gasteiger charge is 2.01. The maximum atomic E-state index is 12.8. The number of likely N-dealkylation sites (N-methyl/N-ethyl adjacent to an activating group) is 1.